The smallest absolute Gasteiger partial charge is 0.252 e. The van der Waals surface area contributed by atoms with E-state index in [1.54, 1.807) is 0 Å². The molecule has 0 spiro atoms. The molecule has 4 aliphatic rings. The van der Waals surface area contributed by atoms with Crippen molar-refractivity contribution in [2.24, 2.45) is 0 Å². The zero-order chi connectivity index (χ0) is 31.4. The van der Waals surface area contributed by atoms with Crippen LogP contribution < -0.4 is 26.2 Å². The van der Waals surface area contributed by atoms with E-state index in [1.165, 1.54) is 67.2 Å². The Balaban J connectivity index is 1.41. The van der Waals surface area contributed by atoms with Gasteiger partial charge in [-0.2, -0.15) is 0 Å². The van der Waals surface area contributed by atoms with Crippen LogP contribution in [0.2, 0.25) is 0 Å². The second kappa shape index (κ2) is 11.2. The van der Waals surface area contributed by atoms with Crippen LogP contribution >= 0.6 is 0 Å². The molecule has 9 rings (SSSR count). The summed E-state index contributed by atoms with van der Waals surface area (Å²) in [6.45, 7) is 2.58. The van der Waals surface area contributed by atoms with E-state index >= 15 is 0 Å². The van der Waals surface area contributed by atoms with Crippen LogP contribution in [0.25, 0.3) is 0 Å². The molecule has 226 valence electrons. The molecule has 5 aromatic rings. The molecule has 1 unspecified atom stereocenters. The summed E-state index contributed by atoms with van der Waals surface area (Å²) in [5.41, 5.74) is 15.4. The van der Waals surface area contributed by atoms with Crippen molar-refractivity contribution in [2.45, 2.75) is 38.0 Å². The zero-order valence-corrected chi connectivity index (χ0v) is 26.8. The highest BCUT2D eigenvalue weighted by Gasteiger charge is 2.45. The third-order valence-corrected chi connectivity index (χ3v) is 10.7. The van der Waals surface area contributed by atoms with Crippen LogP contribution in [0.5, 0.6) is 0 Å². The molecule has 3 heteroatoms. The molecular weight excluding hydrogens is 567 g/mol. The predicted molar refractivity (Wildman–Crippen MR) is 200 cm³/mol. The molecule has 0 N–H and O–H groups in total. The monoisotopic (exact) mass is 604 g/mol. The van der Waals surface area contributed by atoms with E-state index < -0.39 is 0 Å². The molecule has 2 aliphatic heterocycles. The molecule has 0 saturated carbocycles. The van der Waals surface area contributed by atoms with Gasteiger partial charge in [-0.15, -0.1) is 0 Å². The SMILES string of the molecule is CC(C1=CC=CCC1)(c1ccccc1)c1cc2c3c(c1)N(c1ccccc1)c1ccccc1B3c1ccccc1N2C1=CCCC=C1. The third-order valence-electron chi connectivity index (χ3n) is 10.7. The normalized spacial score (nSPS) is 17.3. The van der Waals surface area contributed by atoms with Crippen LogP contribution in [0.3, 0.4) is 0 Å². The summed E-state index contributed by atoms with van der Waals surface area (Å²) in [6, 6.07) is 45.3. The first-order valence-corrected chi connectivity index (χ1v) is 17.0. The molecule has 0 radical (unpaired) electrons. The summed E-state index contributed by atoms with van der Waals surface area (Å²) in [5, 5.41) is 0. The number of fused-ring (bicyclic) bond motifs is 4. The van der Waals surface area contributed by atoms with Gasteiger partial charge >= 0.3 is 0 Å². The standard InChI is InChI=1S/C44H37BN2/c1-44(32-18-6-2-7-19-32,33-20-8-3-9-21-33)34-30-41-43-42(31-34)47(36-24-12-5-13-25-36)40-29-17-15-27-38(40)45(43)37-26-14-16-28-39(37)46(41)35-22-10-4-11-23-35/h2-4,6-8,10-12,14-20,22-31H,5,9,13,21H2,1H3. The maximum atomic E-state index is 2.56. The highest BCUT2D eigenvalue weighted by atomic mass is 15.2. The lowest BCUT2D eigenvalue weighted by Crippen LogP contribution is -2.61. The molecule has 2 aliphatic carbocycles. The van der Waals surface area contributed by atoms with Crippen LogP contribution in [0.4, 0.5) is 28.4 Å². The Morgan fingerprint density at radius 3 is 1.89 bits per heavy atom. The Labute approximate surface area is 278 Å². The maximum absolute atomic E-state index is 2.56. The minimum atomic E-state index is -0.314. The van der Waals surface area contributed by atoms with E-state index in [1.807, 2.05) is 0 Å². The molecular formula is C44H37BN2. The van der Waals surface area contributed by atoms with Crippen molar-refractivity contribution >= 4 is 51.5 Å². The molecule has 2 nitrogen and oxygen atoms in total. The summed E-state index contributed by atoms with van der Waals surface area (Å²) in [5.74, 6) is 0. The van der Waals surface area contributed by atoms with Gasteiger partial charge in [0.05, 0.1) is 0 Å². The van der Waals surface area contributed by atoms with Crippen molar-refractivity contribution in [3.63, 3.8) is 0 Å². The van der Waals surface area contributed by atoms with Crippen molar-refractivity contribution in [1.29, 1.82) is 0 Å². The van der Waals surface area contributed by atoms with Crippen molar-refractivity contribution in [3.05, 3.63) is 180 Å². The van der Waals surface area contributed by atoms with Gasteiger partial charge in [-0.3, -0.25) is 0 Å². The fourth-order valence-electron chi connectivity index (χ4n) is 8.41. The average molecular weight is 605 g/mol. The van der Waals surface area contributed by atoms with Crippen LogP contribution in [0, 0.1) is 0 Å². The van der Waals surface area contributed by atoms with E-state index in [2.05, 4.69) is 175 Å². The molecule has 0 amide bonds. The number of hydrogen-bond acceptors (Lipinski definition) is 2. The summed E-state index contributed by atoms with van der Waals surface area (Å²) >= 11 is 0. The van der Waals surface area contributed by atoms with Crippen molar-refractivity contribution < 1.29 is 0 Å². The lowest BCUT2D eigenvalue weighted by molar-refractivity contribution is 0.634. The molecule has 0 aromatic heterocycles. The Bertz CT molecular complexity index is 2120. The number of allylic oxidation sites excluding steroid dienone is 7. The zero-order valence-electron chi connectivity index (χ0n) is 26.8. The van der Waals surface area contributed by atoms with E-state index in [4.69, 9.17) is 0 Å². The summed E-state index contributed by atoms with van der Waals surface area (Å²) in [6.07, 6.45) is 18.3. The summed E-state index contributed by atoms with van der Waals surface area (Å²) in [4.78, 5) is 5.08. The second-order valence-electron chi connectivity index (χ2n) is 13.2. The minimum absolute atomic E-state index is 0.130. The molecule has 0 bridgehead atoms. The van der Waals surface area contributed by atoms with Gasteiger partial charge in [-0.25, -0.2) is 0 Å². The van der Waals surface area contributed by atoms with Gasteiger partial charge < -0.3 is 9.80 Å². The largest absolute Gasteiger partial charge is 0.312 e. The first kappa shape index (κ1) is 28.0. The van der Waals surface area contributed by atoms with Gasteiger partial charge in [0.2, 0.25) is 0 Å². The number of nitrogens with zero attached hydrogens (tertiary/aromatic N) is 2. The maximum Gasteiger partial charge on any atom is 0.252 e. The first-order chi connectivity index (χ1) is 23.2. The van der Waals surface area contributed by atoms with Crippen molar-refractivity contribution in [1.82, 2.24) is 0 Å². The number of para-hydroxylation sites is 3. The lowest BCUT2D eigenvalue weighted by Gasteiger charge is -2.46. The quantitative estimate of drug-likeness (QED) is 0.181. The van der Waals surface area contributed by atoms with Crippen molar-refractivity contribution in [2.75, 3.05) is 9.80 Å². The third kappa shape index (κ3) is 4.33. The van der Waals surface area contributed by atoms with E-state index in [9.17, 15) is 0 Å². The molecule has 2 heterocycles. The van der Waals surface area contributed by atoms with Gasteiger partial charge in [-0.1, -0.05) is 121 Å². The van der Waals surface area contributed by atoms with E-state index in [0.717, 1.165) is 25.7 Å². The molecule has 47 heavy (non-hydrogen) atoms. The Kier molecular flexibility index (Phi) is 6.67. The average Bonchev–Trinajstić information content (AvgIpc) is 3.15. The van der Waals surface area contributed by atoms with Gasteiger partial charge in [0.25, 0.3) is 6.71 Å². The van der Waals surface area contributed by atoms with Crippen LogP contribution in [-0.4, -0.2) is 6.71 Å². The van der Waals surface area contributed by atoms with Gasteiger partial charge in [0, 0.05) is 39.5 Å². The molecule has 5 aromatic carbocycles. The second-order valence-corrected chi connectivity index (χ2v) is 13.2. The highest BCUT2D eigenvalue weighted by molar-refractivity contribution is 7.00. The fraction of sp³-hybridized carbons (Fsp3) is 0.136. The van der Waals surface area contributed by atoms with E-state index in [0.29, 0.717) is 0 Å². The van der Waals surface area contributed by atoms with Crippen LogP contribution in [-0.2, 0) is 5.41 Å². The van der Waals surface area contributed by atoms with Crippen LogP contribution in [0.1, 0.15) is 43.7 Å². The lowest BCUT2D eigenvalue weighted by atomic mass is 9.33. The fourth-order valence-corrected chi connectivity index (χ4v) is 8.41. The van der Waals surface area contributed by atoms with Gasteiger partial charge in [0.15, 0.2) is 0 Å². The molecule has 0 fully saturated rings. The number of anilines is 5. The topological polar surface area (TPSA) is 6.48 Å². The molecule has 1 atom stereocenters. The highest BCUT2D eigenvalue weighted by Crippen LogP contribution is 2.49. The van der Waals surface area contributed by atoms with E-state index in [-0.39, 0.29) is 12.1 Å². The Hall–Kier alpha value is -5.28. The number of rotatable bonds is 5. The Morgan fingerprint density at radius 1 is 0.596 bits per heavy atom. The Morgan fingerprint density at radius 2 is 1.23 bits per heavy atom. The number of hydrogen-bond donors (Lipinski definition) is 0. The summed E-state index contributed by atoms with van der Waals surface area (Å²) < 4.78 is 0. The minimum Gasteiger partial charge on any atom is -0.312 e. The van der Waals surface area contributed by atoms with Crippen molar-refractivity contribution in [3.8, 4) is 0 Å². The predicted octanol–water partition coefficient (Wildman–Crippen LogP) is 9.25. The van der Waals surface area contributed by atoms with Gasteiger partial charge in [-0.05, 0) is 103 Å². The number of benzene rings is 5. The summed E-state index contributed by atoms with van der Waals surface area (Å²) in [7, 11) is 0. The van der Waals surface area contributed by atoms with Crippen LogP contribution in [0.15, 0.2) is 169 Å². The molecule has 0 saturated heterocycles. The first-order valence-electron chi connectivity index (χ1n) is 17.0. The van der Waals surface area contributed by atoms with Gasteiger partial charge in [0.1, 0.15) is 0 Å².